The van der Waals surface area contributed by atoms with Crippen molar-refractivity contribution in [1.29, 1.82) is 0 Å². The molecule has 4 nitrogen and oxygen atoms in total. The number of carbonyl (C=O) groups is 2. The van der Waals surface area contributed by atoms with Gasteiger partial charge in [0.15, 0.2) is 0 Å². The van der Waals surface area contributed by atoms with Gasteiger partial charge in [0.05, 0.1) is 0 Å². The van der Waals surface area contributed by atoms with Crippen molar-refractivity contribution < 1.29 is 9.59 Å². The van der Waals surface area contributed by atoms with Gasteiger partial charge in [0.1, 0.15) is 0 Å². The number of benzene rings is 1. The Bertz CT molecular complexity index is 642. The van der Waals surface area contributed by atoms with E-state index in [0.717, 1.165) is 62.0 Å². The molecule has 1 aromatic carbocycles. The zero-order chi connectivity index (χ0) is 18.7. The summed E-state index contributed by atoms with van der Waals surface area (Å²) < 4.78 is 0. The van der Waals surface area contributed by atoms with Crippen LogP contribution in [-0.4, -0.2) is 29.8 Å². The number of aryl methyl sites for hydroxylation is 2. The van der Waals surface area contributed by atoms with Crippen LogP contribution in [0.5, 0.6) is 0 Å². The number of likely N-dealkylation sites (tertiary alicyclic amines) is 1. The molecular formula is C22H32N2O2. The first-order chi connectivity index (χ1) is 12.5. The second-order valence-electron chi connectivity index (χ2n) is 8.34. The number of rotatable bonds is 3. The Hall–Kier alpha value is -1.84. The van der Waals surface area contributed by atoms with E-state index in [4.69, 9.17) is 0 Å². The third-order valence-corrected chi connectivity index (χ3v) is 6.15. The zero-order valence-electron chi connectivity index (χ0n) is 16.4. The molecule has 2 fully saturated rings. The van der Waals surface area contributed by atoms with Crippen LogP contribution < -0.4 is 5.32 Å². The molecule has 1 atom stereocenters. The van der Waals surface area contributed by atoms with Crippen LogP contribution >= 0.6 is 0 Å². The Morgan fingerprint density at radius 1 is 1.00 bits per heavy atom. The molecule has 2 aliphatic rings. The summed E-state index contributed by atoms with van der Waals surface area (Å²) in [6, 6.07) is 6.06. The molecule has 1 aliphatic heterocycles. The number of nitrogens with zero attached hydrogens (tertiary/aromatic N) is 1. The molecule has 0 bridgehead atoms. The number of anilines is 1. The predicted octanol–water partition coefficient (Wildman–Crippen LogP) is 4.31. The monoisotopic (exact) mass is 356 g/mol. The third-order valence-electron chi connectivity index (χ3n) is 6.15. The van der Waals surface area contributed by atoms with Gasteiger partial charge in [-0.3, -0.25) is 9.59 Å². The number of amides is 2. The summed E-state index contributed by atoms with van der Waals surface area (Å²) in [7, 11) is 0. The minimum atomic E-state index is 0.0262. The first-order valence-corrected chi connectivity index (χ1v) is 10.1. The summed E-state index contributed by atoms with van der Waals surface area (Å²) in [6.45, 7) is 8.10. The second kappa shape index (κ2) is 8.24. The molecule has 26 heavy (non-hydrogen) atoms. The van der Waals surface area contributed by atoms with Gasteiger partial charge in [-0.25, -0.2) is 0 Å². The van der Waals surface area contributed by atoms with Crippen molar-refractivity contribution in [1.82, 2.24) is 4.90 Å². The lowest BCUT2D eigenvalue weighted by Crippen LogP contribution is -2.43. The van der Waals surface area contributed by atoms with Gasteiger partial charge in [0, 0.05) is 30.6 Å². The second-order valence-corrected chi connectivity index (χ2v) is 8.34. The van der Waals surface area contributed by atoms with Crippen molar-refractivity contribution in [2.45, 2.75) is 59.3 Å². The predicted molar refractivity (Wildman–Crippen MR) is 105 cm³/mol. The number of para-hydroxylation sites is 1. The van der Waals surface area contributed by atoms with E-state index in [1.165, 1.54) is 6.42 Å². The third kappa shape index (κ3) is 4.28. The molecule has 3 rings (SSSR count). The van der Waals surface area contributed by atoms with Gasteiger partial charge in [-0.1, -0.05) is 25.1 Å². The van der Waals surface area contributed by atoms with Crippen LogP contribution in [-0.2, 0) is 9.59 Å². The number of piperidine rings is 1. The highest BCUT2D eigenvalue weighted by Crippen LogP contribution is 2.32. The van der Waals surface area contributed by atoms with Crippen molar-refractivity contribution in [2.75, 3.05) is 18.4 Å². The van der Waals surface area contributed by atoms with Gasteiger partial charge in [-0.15, -0.1) is 0 Å². The van der Waals surface area contributed by atoms with Crippen molar-refractivity contribution in [3.63, 3.8) is 0 Å². The summed E-state index contributed by atoms with van der Waals surface area (Å²) in [5.41, 5.74) is 3.14. The topological polar surface area (TPSA) is 49.4 Å². The van der Waals surface area contributed by atoms with Gasteiger partial charge < -0.3 is 10.2 Å². The average Bonchev–Trinajstić information content (AvgIpc) is 2.64. The lowest BCUT2D eigenvalue weighted by molar-refractivity contribution is -0.139. The molecule has 0 radical (unpaired) electrons. The van der Waals surface area contributed by atoms with Gasteiger partial charge in [0.25, 0.3) is 0 Å². The van der Waals surface area contributed by atoms with Crippen molar-refractivity contribution >= 4 is 17.5 Å². The standard InChI is InChI=1S/C22H32N2O2/c1-15-6-5-13-24(14-15)22(26)19-11-9-18(10-12-19)21(25)23-20-16(2)7-4-8-17(20)3/h4,7-8,15,18-19H,5-6,9-14H2,1-3H3,(H,23,25). The molecule has 2 amide bonds. The van der Waals surface area contributed by atoms with Crippen LogP contribution in [0.1, 0.15) is 56.6 Å². The Kier molecular flexibility index (Phi) is 6.00. The van der Waals surface area contributed by atoms with Crippen LogP contribution in [0.15, 0.2) is 18.2 Å². The highest BCUT2D eigenvalue weighted by Gasteiger charge is 2.33. The number of hydrogen-bond acceptors (Lipinski definition) is 2. The Labute approximate surface area is 157 Å². The molecule has 1 saturated heterocycles. The van der Waals surface area contributed by atoms with E-state index in [2.05, 4.69) is 17.1 Å². The summed E-state index contributed by atoms with van der Waals surface area (Å²) in [6.07, 6.45) is 5.67. The fourth-order valence-corrected chi connectivity index (χ4v) is 4.49. The number of nitrogens with one attached hydrogen (secondary N) is 1. The molecule has 0 spiro atoms. The highest BCUT2D eigenvalue weighted by molar-refractivity contribution is 5.94. The summed E-state index contributed by atoms with van der Waals surface area (Å²) in [5.74, 6) is 1.19. The first-order valence-electron chi connectivity index (χ1n) is 10.1. The SMILES string of the molecule is Cc1cccc(C)c1NC(=O)C1CCC(C(=O)N2CCCC(C)C2)CC1. The van der Waals surface area contributed by atoms with Crippen LogP contribution in [0.25, 0.3) is 0 Å². The van der Waals surface area contributed by atoms with Crippen molar-refractivity contribution in [3.8, 4) is 0 Å². The largest absolute Gasteiger partial charge is 0.342 e. The maximum atomic E-state index is 12.8. The summed E-state index contributed by atoms with van der Waals surface area (Å²) in [5, 5.41) is 3.13. The van der Waals surface area contributed by atoms with Gasteiger partial charge in [-0.05, 0) is 69.4 Å². The Balaban J connectivity index is 1.53. The lowest BCUT2D eigenvalue weighted by Gasteiger charge is -2.35. The van der Waals surface area contributed by atoms with E-state index < -0.39 is 0 Å². The molecule has 142 valence electrons. The Morgan fingerprint density at radius 3 is 2.23 bits per heavy atom. The van der Waals surface area contributed by atoms with E-state index in [1.807, 2.05) is 32.0 Å². The molecule has 0 aromatic heterocycles. The van der Waals surface area contributed by atoms with E-state index >= 15 is 0 Å². The summed E-state index contributed by atoms with van der Waals surface area (Å²) in [4.78, 5) is 27.5. The van der Waals surface area contributed by atoms with Gasteiger partial charge in [0.2, 0.25) is 11.8 Å². The fourth-order valence-electron chi connectivity index (χ4n) is 4.49. The molecule has 1 aromatic rings. The fraction of sp³-hybridized carbons (Fsp3) is 0.636. The lowest BCUT2D eigenvalue weighted by atomic mass is 9.80. The van der Waals surface area contributed by atoms with E-state index in [1.54, 1.807) is 0 Å². The van der Waals surface area contributed by atoms with Crippen LogP contribution in [0.2, 0.25) is 0 Å². The maximum absolute atomic E-state index is 12.8. The molecule has 1 aliphatic carbocycles. The first kappa shape index (κ1) is 18.9. The normalized spacial score (nSPS) is 26.4. The number of hydrogen-bond donors (Lipinski definition) is 1. The average molecular weight is 357 g/mol. The van der Waals surface area contributed by atoms with E-state index in [9.17, 15) is 9.59 Å². The Morgan fingerprint density at radius 2 is 1.62 bits per heavy atom. The van der Waals surface area contributed by atoms with E-state index in [-0.39, 0.29) is 17.7 Å². The molecular weight excluding hydrogens is 324 g/mol. The summed E-state index contributed by atoms with van der Waals surface area (Å²) >= 11 is 0. The minimum Gasteiger partial charge on any atom is -0.342 e. The van der Waals surface area contributed by atoms with Crippen LogP contribution in [0, 0.1) is 31.6 Å². The van der Waals surface area contributed by atoms with Crippen LogP contribution in [0.3, 0.4) is 0 Å². The smallest absolute Gasteiger partial charge is 0.227 e. The molecule has 1 N–H and O–H groups in total. The highest BCUT2D eigenvalue weighted by atomic mass is 16.2. The van der Waals surface area contributed by atoms with Gasteiger partial charge >= 0.3 is 0 Å². The molecule has 1 unspecified atom stereocenters. The van der Waals surface area contributed by atoms with Crippen molar-refractivity contribution in [2.24, 2.45) is 17.8 Å². The molecule has 4 heteroatoms. The zero-order valence-corrected chi connectivity index (χ0v) is 16.4. The maximum Gasteiger partial charge on any atom is 0.227 e. The van der Waals surface area contributed by atoms with Crippen LogP contribution in [0.4, 0.5) is 5.69 Å². The minimum absolute atomic E-state index is 0.0262. The molecule has 1 heterocycles. The molecule has 1 saturated carbocycles. The van der Waals surface area contributed by atoms with Crippen molar-refractivity contribution in [3.05, 3.63) is 29.3 Å². The van der Waals surface area contributed by atoms with E-state index in [0.29, 0.717) is 11.8 Å². The number of carbonyl (C=O) groups excluding carboxylic acids is 2. The quantitative estimate of drug-likeness (QED) is 0.877. The van der Waals surface area contributed by atoms with Gasteiger partial charge in [-0.2, -0.15) is 0 Å².